The van der Waals surface area contributed by atoms with E-state index in [0.717, 1.165) is 11.3 Å². The summed E-state index contributed by atoms with van der Waals surface area (Å²) in [7, 11) is 1.62. The summed E-state index contributed by atoms with van der Waals surface area (Å²) in [5, 5.41) is 13.8. The van der Waals surface area contributed by atoms with Gasteiger partial charge in [-0.25, -0.2) is 0 Å². The van der Waals surface area contributed by atoms with E-state index in [-0.39, 0.29) is 5.69 Å². The van der Waals surface area contributed by atoms with Crippen molar-refractivity contribution in [1.82, 2.24) is 0 Å². The minimum Gasteiger partial charge on any atom is -0.496 e. The number of methoxy groups -OCH3 is 1. The van der Waals surface area contributed by atoms with Gasteiger partial charge >= 0.3 is 0 Å². The van der Waals surface area contributed by atoms with Gasteiger partial charge in [0.2, 0.25) is 0 Å². The molecular weight excluding hydrogens is 244 g/mol. The maximum atomic E-state index is 10.7. The highest BCUT2D eigenvalue weighted by molar-refractivity contribution is 5.51. The van der Waals surface area contributed by atoms with E-state index in [4.69, 9.17) is 4.74 Å². The van der Waals surface area contributed by atoms with Crippen LogP contribution >= 0.6 is 0 Å². The Kier molecular flexibility index (Phi) is 3.97. The molecule has 5 nitrogen and oxygen atoms in total. The fourth-order valence-electron chi connectivity index (χ4n) is 1.78. The molecule has 0 aliphatic rings. The van der Waals surface area contributed by atoms with E-state index in [2.05, 4.69) is 5.32 Å². The zero-order valence-corrected chi connectivity index (χ0v) is 10.5. The molecule has 0 aromatic heterocycles. The number of ether oxygens (including phenoxy) is 1. The molecule has 2 rings (SSSR count). The summed E-state index contributed by atoms with van der Waals surface area (Å²) in [6, 6.07) is 14.1. The predicted octanol–water partition coefficient (Wildman–Crippen LogP) is 3.22. The molecule has 2 aromatic carbocycles. The molecule has 0 amide bonds. The summed E-state index contributed by atoms with van der Waals surface area (Å²) < 4.78 is 5.25. The van der Waals surface area contributed by atoms with Crippen LogP contribution in [-0.4, -0.2) is 12.0 Å². The van der Waals surface area contributed by atoms with Gasteiger partial charge < -0.3 is 10.1 Å². The van der Waals surface area contributed by atoms with Crippen molar-refractivity contribution in [2.24, 2.45) is 0 Å². The second kappa shape index (κ2) is 5.86. The Labute approximate surface area is 111 Å². The average Bonchev–Trinajstić information content (AvgIpc) is 2.45. The second-order valence-electron chi connectivity index (χ2n) is 3.97. The van der Waals surface area contributed by atoms with Crippen LogP contribution in [0.4, 0.5) is 11.4 Å². The van der Waals surface area contributed by atoms with Gasteiger partial charge in [0.05, 0.1) is 12.0 Å². The van der Waals surface area contributed by atoms with Crippen LogP contribution in [0.15, 0.2) is 48.5 Å². The lowest BCUT2D eigenvalue weighted by Crippen LogP contribution is -2.01. The van der Waals surface area contributed by atoms with E-state index in [1.54, 1.807) is 19.2 Å². The van der Waals surface area contributed by atoms with E-state index >= 15 is 0 Å². The molecule has 0 spiro atoms. The van der Waals surface area contributed by atoms with E-state index in [1.165, 1.54) is 12.1 Å². The first-order valence-electron chi connectivity index (χ1n) is 5.81. The first-order chi connectivity index (χ1) is 9.20. The van der Waals surface area contributed by atoms with Crippen LogP contribution in [-0.2, 0) is 6.54 Å². The van der Waals surface area contributed by atoms with Gasteiger partial charge in [-0.1, -0.05) is 24.3 Å². The lowest BCUT2D eigenvalue weighted by molar-refractivity contribution is -0.384. The molecule has 0 aliphatic heterocycles. The van der Waals surface area contributed by atoms with Crippen molar-refractivity contribution < 1.29 is 9.66 Å². The molecule has 0 unspecified atom stereocenters. The third kappa shape index (κ3) is 3.22. The number of nitro groups is 1. The van der Waals surface area contributed by atoms with E-state index in [1.807, 2.05) is 24.3 Å². The monoisotopic (exact) mass is 258 g/mol. The number of rotatable bonds is 5. The SMILES string of the molecule is COc1ccccc1CNc1cccc([N+](=O)[O-])c1. The van der Waals surface area contributed by atoms with Gasteiger partial charge in [-0.15, -0.1) is 0 Å². The maximum Gasteiger partial charge on any atom is 0.271 e. The van der Waals surface area contributed by atoms with Crippen molar-refractivity contribution in [2.45, 2.75) is 6.54 Å². The highest BCUT2D eigenvalue weighted by Gasteiger charge is 2.06. The molecule has 0 heterocycles. The molecule has 5 heteroatoms. The van der Waals surface area contributed by atoms with Gasteiger partial charge in [-0.3, -0.25) is 10.1 Å². The van der Waals surface area contributed by atoms with Crippen LogP contribution in [0.1, 0.15) is 5.56 Å². The topological polar surface area (TPSA) is 64.4 Å². The van der Waals surface area contributed by atoms with Gasteiger partial charge in [0.25, 0.3) is 5.69 Å². The Balaban J connectivity index is 2.10. The number of hydrogen-bond donors (Lipinski definition) is 1. The molecule has 2 aromatic rings. The fourth-order valence-corrected chi connectivity index (χ4v) is 1.78. The van der Waals surface area contributed by atoms with Crippen molar-refractivity contribution in [2.75, 3.05) is 12.4 Å². The number of nitro benzene ring substituents is 1. The summed E-state index contributed by atoms with van der Waals surface area (Å²) in [6.07, 6.45) is 0. The normalized spacial score (nSPS) is 9.95. The summed E-state index contributed by atoms with van der Waals surface area (Å²) in [5.41, 5.74) is 1.78. The zero-order chi connectivity index (χ0) is 13.7. The summed E-state index contributed by atoms with van der Waals surface area (Å²) >= 11 is 0. The van der Waals surface area contributed by atoms with Gasteiger partial charge in [0, 0.05) is 29.9 Å². The second-order valence-corrected chi connectivity index (χ2v) is 3.97. The third-order valence-corrected chi connectivity index (χ3v) is 2.73. The first-order valence-corrected chi connectivity index (χ1v) is 5.81. The zero-order valence-electron chi connectivity index (χ0n) is 10.5. The number of benzene rings is 2. The summed E-state index contributed by atoms with van der Waals surface area (Å²) in [4.78, 5) is 10.3. The maximum absolute atomic E-state index is 10.7. The van der Waals surface area contributed by atoms with Crippen LogP contribution in [0, 0.1) is 10.1 Å². The summed E-state index contributed by atoms with van der Waals surface area (Å²) in [6.45, 7) is 0.547. The molecule has 0 fully saturated rings. The van der Waals surface area contributed by atoms with Crippen molar-refractivity contribution in [1.29, 1.82) is 0 Å². The van der Waals surface area contributed by atoms with E-state index in [0.29, 0.717) is 12.2 Å². The molecule has 0 saturated carbocycles. The smallest absolute Gasteiger partial charge is 0.271 e. The van der Waals surface area contributed by atoms with Crippen molar-refractivity contribution in [3.05, 3.63) is 64.2 Å². The lowest BCUT2D eigenvalue weighted by Gasteiger charge is -2.10. The molecule has 0 aliphatic carbocycles. The molecular formula is C14H14N2O3. The van der Waals surface area contributed by atoms with Crippen LogP contribution < -0.4 is 10.1 Å². The van der Waals surface area contributed by atoms with E-state index < -0.39 is 4.92 Å². The van der Waals surface area contributed by atoms with Crippen LogP contribution in [0.2, 0.25) is 0 Å². The quantitative estimate of drug-likeness (QED) is 0.660. The molecule has 19 heavy (non-hydrogen) atoms. The van der Waals surface area contributed by atoms with Crippen LogP contribution in [0.25, 0.3) is 0 Å². The van der Waals surface area contributed by atoms with E-state index in [9.17, 15) is 10.1 Å². The lowest BCUT2D eigenvalue weighted by atomic mass is 10.2. The highest BCUT2D eigenvalue weighted by atomic mass is 16.6. The minimum absolute atomic E-state index is 0.0741. The van der Waals surface area contributed by atoms with Gasteiger partial charge in [0.1, 0.15) is 5.75 Å². The molecule has 0 radical (unpaired) electrons. The van der Waals surface area contributed by atoms with Crippen LogP contribution in [0.5, 0.6) is 5.75 Å². The average molecular weight is 258 g/mol. The highest BCUT2D eigenvalue weighted by Crippen LogP contribution is 2.21. The molecule has 0 bridgehead atoms. The molecule has 0 atom stereocenters. The van der Waals surface area contributed by atoms with Gasteiger partial charge in [0.15, 0.2) is 0 Å². The van der Waals surface area contributed by atoms with Gasteiger partial charge in [-0.05, 0) is 12.1 Å². The minimum atomic E-state index is -0.408. The predicted molar refractivity (Wildman–Crippen MR) is 73.4 cm³/mol. The van der Waals surface area contributed by atoms with Crippen molar-refractivity contribution >= 4 is 11.4 Å². The standard InChI is InChI=1S/C14H14N2O3/c1-19-14-8-3-2-5-11(14)10-15-12-6-4-7-13(9-12)16(17)18/h2-9,15H,10H2,1H3. The number of non-ortho nitro benzene ring substituents is 1. The van der Waals surface area contributed by atoms with Crippen molar-refractivity contribution in [3.8, 4) is 5.75 Å². The Morgan fingerprint density at radius 3 is 2.74 bits per heavy atom. The number of anilines is 1. The summed E-state index contributed by atoms with van der Waals surface area (Å²) in [5.74, 6) is 0.792. The van der Waals surface area contributed by atoms with Crippen molar-refractivity contribution in [3.63, 3.8) is 0 Å². The Bertz CT molecular complexity index is 584. The number of para-hydroxylation sites is 1. The molecule has 0 saturated heterocycles. The number of nitrogens with zero attached hydrogens (tertiary/aromatic N) is 1. The third-order valence-electron chi connectivity index (χ3n) is 2.73. The Morgan fingerprint density at radius 2 is 2.00 bits per heavy atom. The largest absolute Gasteiger partial charge is 0.496 e. The van der Waals surface area contributed by atoms with Gasteiger partial charge in [-0.2, -0.15) is 0 Å². The first kappa shape index (κ1) is 12.9. The number of hydrogen-bond acceptors (Lipinski definition) is 4. The fraction of sp³-hybridized carbons (Fsp3) is 0.143. The molecule has 1 N–H and O–H groups in total. The molecule has 98 valence electrons. The number of nitrogens with one attached hydrogen (secondary N) is 1. The van der Waals surface area contributed by atoms with Crippen LogP contribution in [0.3, 0.4) is 0 Å². The Morgan fingerprint density at radius 1 is 1.21 bits per heavy atom. The Hall–Kier alpha value is -2.56.